The highest BCUT2D eigenvalue weighted by Crippen LogP contribution is 2.41. The number of hydrogen-bond donors (Lipinski definition) is 0. The molecule has 3 rings (SSSR count). The van der Waals surface area contributed by atoms with Crippen LogP contribution in [-0.2, 0) is 0 Å². The van der Waals surface area contributed by atoms with E-state index in [4.69, 9.17) is 11.6 Å². The van der Waals surface area contributed by atoms with Gasteiger partial charge in [-0.3, -0.25) is 0 Å². The van der Waals surface area contributed by atoms with Crippen molar-refractivity contribution >= 4 is 17.6 Å². The number of nitrogens with zero attached hydrogens (tertiary/aromatic N) is 4. The Morgan fingerprint density at radius 2 is 2.04 bits per heavy atom. The molecule has 1 fully saturated rings. The first-order valence-corrected chi connectivity index (χ1v) is 8.06. The van der Waals surface area contributed by atoms with Crippen molar-refractivity contribution in [2.75, 3.05) is 20.6 Å². The molecule has 0 aliphatic carbocycles. The van der Waals surface area contributed by atoms with Gasteiger partial charge in [0.15, 0.2) is 5.82 Å². The van der Waals surface area contributed by atoms with Gasteiger partial charge in [0.25, 0.3) is 0 Å². The van der Waals surface area contributed by atoms with E-state index in [1.165, 1.54) is 4.90 Å². The largest absolute Gasteiger partial charge is 0.331 e. The highest BCUT2D eigenvalue weighted by molar-refractivity contribution is 6.28. The van der Waals surface area contributed by atoms with Gasteiger partial charge in [-0.25, -0.2) is 19.2 Å². The molecule has 0 radical (unpaired) electrons. The number of urea groups is 1. The minimum Gasteiger partial charge on any atom is -0.331 e. The molecule has 1 saturated heterocycles. The number of aromatic nitrogens is 2. The fourth-order valence-corrected chi connectivity index (χ4v) is 3.28. The molecule has 0 saturated carbocycles. The zero-order valence-electron chi connectivity index (χ0n) is 13.5. The van der Waals surface area contributed by atoms with E-state index in [9.17, 15) is 9.18 Å². The number of benzene rings is 1. The summed E-state index contributed by atoms with van der Waals surface area (Å²) in [4.78, 5) is 23.6. The smallest absolute Gasteiger partial charge is 0.320 e. The third-order valence-corrected chi connectivity index (χ3v) is 4.42. The molecule has 1 aromatic carbocycles. The molecule has 2 aromatic rings. The van der Waals surface area contributed by atoms with E-state index < -0.39 is 5.82 Å². The second-order valence-electron chi connectivity index (χ2n) is 6.06. The standard InChI is InChI=1S/C17H18ClFN4O/c1-22(2)17(24)23-10-12(15-13(19)9-20-16(18)21-15)8-14(23)11-6-4-3-5-7-11/h3-7,9,12,14H,8,10H2,1-2H3/t12?,14-/m0/s1. The van der Waals surface area contributed by atoms with Crippen molar-refractivity contribution in [2.45, 2.75) is 18.4 Å². The van der Waals surface area contributed by atoms with Crippen LogP contribution in [0.4, 0.5) is 9.18 Å². The molecule has 1 aliphatic rings. The average Bonchev–Trinajstić information content (AvgIpc) is 3.02. The molecule has 1 unspecified atom stereocenters. The van der Waals surface area contributed by atoms with Crippen LogP contribution < -0.4 is 0 Å². The van der Waals surface area contributed by atoms with Crippen molar-refractivity contribution < 1.29 is 9.18 Å². The predicted octanol–water partition coefficient (Wildman–Crippen LogP) is 3.48. The first-order valence-electron chi connectivity index (χ1n) is 7.68. The number of rotatable bonds is 2. The molecule has 0 N–H and O–H groups in total. The number of carbonyl (C=O) groups is 1. The Balaban J connectivity index is 1.95. The van der Waals surface area contributed by atoms with E-state index in [0.29, 0.717) is 13.0 Å². The summed E-state index contributed by atoms with van der Waals surface area (Å²) in [6.45, 7) is 0.390. The van der Waals surface area contributed by atoms with Crippen LogP contribution in [-0.4, -0.2) is 46.4 Å². The number of amides is 2. The predicted molar refractivity (Wildman–Crippen MR) is 89.3 cm³/mol. The molecule has 5 nitrogen and oxygen atoms in total. The Morgan fingerprint density at radius 3 is 2.71 bits per heavy atom. The lowest BCUT2D eigenvalue weighted by atomic mass is 9.97. The highest BCUT2D eigenvalue weighted by Gasteiger charge is 2.39. The van der Waals surface area contributed by atoms with Crippen LogP contribution in [0.15, 0.2) is 36.5 Å². The number of carbonyl (C=O) groups excluding carboxylic acids is 1. The van der Waals surface area contributed by atoms with Crippen LogP contribution in [0, 0.1) is 5.82 Å². The van der Waals surface area contributed by atoms with Crippen molar-refractivity contribution in [1.82, 2.24) is 19.8 Å². The minimum atomic E-state index is -0.490. The van der Waals surface area contributed by atoms with Gasteiger partial charge >= 0.3 is 6.03 Å². The maximum absolute atomic E-state index is 14.1. The van der Waals surface area contributed by atoms with Crippen molar-refractivity contribution in [3.05, 3.63) is 58.9 Å². The summed E-state index contributed by atoms with van der Waals surface area (Å²) in [7, 11) is 3.42. The Morgan fingerprint density at radius 1 is 1.33 bits per heavy atom. The molecule has 2 heterocycles. The monoisotopic (exact) mass is 348 g/mol. The lowest BCUT2D eigenvalue weighted by Crippen LogP contribution is -2.39. The van der Waals surface area contributed by atoms with Crippen LogP contribution in [0.2, 0.25) is 5.28 Å². The molecule has 7 heteroatoms. The summed E-state index contributed by atoms with van der Waals surface area (Å²) in [5.41, 5.74) is 1.29. The Bertz CT molecular complexity index is 741. The van der Waals surface area contributed by atoms with E-state index >= 15 is 0 Å². The normalized spacial score (nSPS) is 20.2. The third-order valence-electron chi connectivity index (χ3n) is 4.24. The number of halogens is 2. The van der Waals surface area contributed by atoms with Gasteiger partial charge in [-0.15, -0.1) is 0 Å². The Labute approximate surface area is 145 Å². The Hall–Kier alpha value is -2.21. The highest BCUT2D eigenvalue weighted by atomic mass is 35.5. The lowest BCUT2D eigenvalue weighted by molar-refractivity contribution is 0.165. The van der Waals surface area contributed by atoms with E-state index in [1.807, 2.05) is 30.3 Å². The summed E-state index contributed by atoms with van der Waals surface area (Å²) in [6.07, 6.45) is 1.67. The van der Waals surface area contributed by atoms with Gasteiger partial charge in [-0.05, 0) is 23.6 Å². The van der Waals surface area contributed by atoms with Gasteiger partial charge in [-0.2, -0.15) is 0 Å². The summed E-state index contributed by atoms with van der Waals surface area (Å²) < 4.78 is 14.1. The van der Waals surface area contributed by atoms with Gasteiger partial charge < -0.3 is 9.80 Å². The summed E-state index contributed by atoms with van der Waals surface area (Å²) >= 11 is 5.82. The summed E-state index contributed by atoms with van der Waals surface area (Å²) in [6, 6.07) is 9.52. The van der Waals surface area contributed by atoms with E-state index in [2.05, 4.69) is 9.97 Å². The van der Waals surface area contributed by atoms with Gasteiger partial charge in [0, 0.05) is 26.6 Å². The van der Waals surface area contributed by atoms with Crippen molar-refractivity contribution in [1.29, 1.82) is 0 Å². The minimum absolute atomic E-state index is 0.0139. The molecule has 1 aromatic heterocycles. The number of hydrogen-bond acceptors (Lipinski definition) is 3. The molecule has 2 atom stereocenters. The number of likely N-dealkylation sites (tertiary alicyclic amines) is 1. The zero-order chi connectivity index (χ0) is 17.3. The van der Waals surface area contributed by atoms with Crippen molar-refractivity contribution in [2.24, 2.45) is 0 Å². The van der Waals surface area contributed by atoms with Crippen LogP contribution in [0.5, 0.6) is 0 Å². The van der Waals surface area contributed by atoms with Gasteiger partial charge in [0.05, 0.1) is 17.9 Å². The van der Waals surface area contributed by atoms with Crippen LogP contribution in [0.25, 0.3) is 0 Å². The van der Waals surface area contributed by atoms with Crippen LogP contribution >= 0.6 is 11.6 Å². The quantitative estimate of drug-likeness (QED) is 0.781. The third kappa shape index (κ3) is 3.19. The van der Waals surface area contributed by atoms with E-state index in [-0.39, 0.29) is 29.0 Å². The van der Waals surface area contributed by atoms with Crippen LogP contribution in [0.3, 0.4) is 0 Å². The Kier molecular flexibility index (Phi) is 4.66. The zero-order valence-corrected chi connectivity index (χ0v) is 14.2. The molecule has 126 valence electrons. The second kappa shape index (κ2) is 6.73. The first kappa shape index (κ1) is 16.6. The van der Waals surface area contributed by atoms with E-state index in [1.54, 1.807) is 19.0 Å². The molecule has 0 bridgehead atoms. The summed E-state index contributed by atoms with van der Waals surface area (Å²) in [5.74, 6) is -0.713. The fourth-order valence-electron chi connectivity index (χ4n) is 3.14. The lowest BCUT2D eigenvalue weighted by Gasteiger charge is -2.28. The van der Waals surface area contributed by atoms with Crippen molar-refractivity contribution in [3.8, 4) is 0 Å². The maximum Gasteiger partial charge on any atom is 0.320 e. The molecule has 1 aliphatic heterocycles. The fraction of sp³-hybridized carbons (Fsp3) is 0.353. The first-order chi connectivity index (χ1) is 11.5. The topological polar surface area (TPSA) is 49.3 Å². The average molecular weight is 349 g/mol. The molecular formula is C17H18ClFN4O. The van der Waals surface area contributed by atoms with Gasteiger partial charge in [0.2, 0.25) is 5.28 Å². The van der Waals surface area contributed by atoms with Gasteiger partial charge in [-0.1, -0.05) is 30.3 Å². The molecule has 0 spiro atoms. The van der Waals surface area contributed by atoms with E-state index in [0.717, 1.165) is 11.8 Å². The molecule has 24 heavy (non-hydrogen) atoms. The molecular weight excluding hydrogens is 331 g/mol. The van der Waals surface area contributed by atoms with Gasteiger partial charge in [0.1, 0.15) is 0 Å². The SMILES string of the molecule is CN(C)C(=O)N1CC(c2nc(Cl)ncc2F)C[C@H]1c1ccccc1. The van der Waals surface area contributed by atoms with Crippen molar-refractivity contribution in [3.63, 3.8) is 0 Å². The maximum atomic E-state index is 14.1. The second-order valence-corrected chi connectivity index (χ2v) is 6.40. The van der Waals surface area contributed by atoms with Crippen LogP contribution in [0.1, 0.15) is 29.6 Å². The molecule has 2 amide bonds. The summed E-state index contributed by atoms with van der Waals surface area (Å²) in [5, 5.41) is 0.0139.